The zero-order valence-electron chi connectivity index (χ0n) is 11.4. The van der Waals surface area contributed by atoms with Gasteiger partial charge in [0.1, 0.15) is 5.76 Å². The van der Waals surface area contributed by atoms with E-state index in [4.69, 9.17) is 4.42 Å². The van der Waals surface area contributed by atoms with Crippen molar-refractivity contribution in [2.75, 3.05) is 0 Å². The van der Waals surface area contributed by atoms with Crippen LogP contribution >= 0.6 is 0 Å². The highest BCUT2D eigenvalue weighted by Crippen LogP contribution is 2.22. The highest BCUT2D eigenvalue weighted by Gasteiger charge is 2.04. The number of carbonyl (C=O) groups excluding carboxylic acids is 1. The second kappa shape index (κ2) is 6.93. The average molecular weight is 256 g/mol. The lowest BCUT2D eigenvalue weighted by Gasteiger charge is -2.02. The van der Waals surface area contributed by atoms with Crippen LogP contribution in [-0.2, 0) is 6.42 Å². The molecule has 0 aliphatic heterocycles. The van der Waals surface area contributed by atoms with Crippen molar-refractivity contribution in [3.05, 3.63) is 47.7 Å². The van der Waals surface area contributed by atoms with Gasteiger partial charge in [-0.05, 0) is 30.5 Å². The summed E-state index contributed by atoms with van der Waals surface area (Å²) in [6, 6.07) is 11.9. The van der Waals surface area contributed by atoms with Gasteiger partial charge < -0.3 is 4.42 Å². The van der Waals surface area contributed by atoms with Crippen molar-refractivity contribution in [2.45, 2.75) is 39.0 Å². The van der Waals surface area contributed by atoms with Crippen molar-refractivity contribution in [3.63, 3.8) is 0 Å². The molecule has 0 amide bonds. The van der Waals surface area contributed by atoms with Crippen LogP contribution in [0.25, 0.3) is 11.3 Å². The van der Waals surface area contributed by atoms with Crippen LogP contribution in [0.5, 0.6) is 0 Å². The number of aldehydes is 1. The summed E-state index contributed by atoms with van der Waals surface area (Å²) in [5, 5.41) is 0. The van der Waals surface area contributed by atoms with E-state index >= 15 is 0 Å². The van der Waals surface area contributed by atoms with E-state index < -0.39 is 0 Å². The quantitative estimate of drug-likeness (QED) is 0.522. The minimum atomic E-state index is 0.374. The fourth-order valence-electron chi connectivity index (χ4n) is 2.16. The van der Waals surface area contributed by atoms with Crippen LogP contribution in [0, 0.1) is 0 Å². The van der Waals surface area contributed by atoms with E-state index in [1.165, 1.54) is 31.2 Å². The fraction of sp³-hybridized carbons (Fsp3) is 0.353. The van der Waals surface area contributed by atoms with Gasteiger partial charge in [0.25, 0.3) is 0 Å². The van der Waals surface area contributed by atoms with Crippen LogP contribution in [0.15, 0.2) is 40.8 Å². The molecular formula is C17H20O2. The second-order valence-electron chi connectivity index (χ2n) is 4.83. The molecule has 2 heteroatoms. The molecule has 0 atom stereocenters. The van der Waals surface area contributed by atoms with Gasteiger partial charge in [-0.15, -0.1) is 0 Å². The monoisotopic (exact) mass is 256 g/mol. The van der Waals surface area contributed by atoms with E-state index in [-0.39, 0.29) is 0 Å². The van der Waals surface area contributed by atoms with Crippen LogP contribution in [0.2, 0.25) is 0 Å². The van der Waals surface area contributed by atoms with Gasteiger partial charge in [-0.2, -0.15) is 0 Å². The molecule has 0 aliphatic carbocycles. The van der Waals surface area contributed by atoms with Gasteiger partial charge in [0.05, 0.1) is 0 Å². The first kappa shape index (κ1) is 13.6. The number of rotatable bonds is 7. The van der Waals surface area contributed by atoms with Crippen LogP contribution < -0.4 is 0 Å². The Bertz CT molecular complexity index is 508. The van der Waals surface area contributed by atoms with Gasteiger partial charge in [-0.25, -0.2) is 0 Å². The zero-order valence-corrected chi connectivity index (χ0v) is 11.4. The molecule has 1 aromatic heterocycles. The van der Waals surface area contributed by atoms with E-state index in [0.717, 1.165) is 24.0 Å². The molecule has 0 bridgehead atoms. The summed E-state index contributed by atoms with van der Waals surface area (Å²) < 4.78 is 5.40. The topological polar surface area (TPSA) is 30.2 Å². The third-order valence-corrected chi connectivity index (χ3v) is 3.30. The van der Waals surface area contributed by atoms with E-state index in [0.29, 0.717) is 5.76 Å². The van der Waals surface area contributed by atoms with Gasteiger partial charge in [0, 0.05) is 5.56 Å². The normalized spacial score (nSPS) is 10.6. The predicted octanol–water partition coefficient (Wildman–Crippen LogP) is 4.88. The maximum atomic E-state index is 10.6. The first-order valence-corrected chi connectivity index (χ1v) is 6.98. The molecule has 0 spiro atoms. The smallest absolute Gasteiger partial charge is 0.185 e. The highest BCUT2D eigenvalue weighted by atomic mass is 16.3. The van der Waals surface area contributed by atoms with Crippen molar-refractivity contribution in [1.82, 2.24) is 0 Å². The van der Waals surface area contributed by atoms with E-state index in [1.807, 2.05) is 6.07 Å². The second-order valence-corrected chi connectivity index (χ2v) is 4.83. The van der Waals surface area contributed by atoms with Crippen LogP contribution in [0.3, 0.4) is 0 Å². The minimum Gasteiger partial charge on any atom is -0.453 e. The molecule has 100 valence electrons. The molecular weight excluding hydrogens is 236 g/mol. The molecule has 2 aromatic rings. The first-order chi connectivity index (χ1) is 9.33. The Kier molecular flexibility index (Phi) is 4.96. The molecule has 1 heterocycles. The van der Waals surface area contributed by atoms with Gasteiger partial charge >= 0.3 is 0 Å². The molecule has 0 saturated carbocycles. The average Bonchev–Trinajstić information content (AvgIpc) is 2.93. The fourth-order valence-corrected chi connectivity index (χ4v) is 2.16. The maximum Gasteiger partial charge on any atom is 0.185 e. The molecule has 2 rings (SSSR count). The van der Waals surface area contributed by atoms with Crippen LogP contribution in [0.1, 0.15) is 48.7 Å². The lowest BCUT2D eigenvalue weighted by atomic mass is 10.0. The lowest BCUT2D eigenvalue weighted by Crippen LogP contribution is -1.86. The minimum absolute atomic E-state index is 0.374. The zero-order chi connectivity index (χ0) is 13.5. The van der Waals surface area contributed by atoms with Crippen LogP contribution in [0.4, 0.5) is 0 Å². The Labute approximate surface area is 114 Å². The van der Waals surface area contributed by atoms with E-state index in [9.17, 15) is 4.79 Å². The Balaban J connectivity index is 1.96. The first-order valence-electron chi connectivity index (χ1n) is 6.98. The van der Waals surface area contributed by atoms with E-state index in [1.54, 1.807) is 6.07 Å². The summed E-state index contributed by atoms with van der Waals surface area (Å²) in [6.07, 6.45) is 7.02. The molecule has 1 aromatic carbocycles. The Morgan fingerprint density at radius 1 is 1.00 bits per heavy atom. The Morgan fingerprint density at radius 3 is 2.42 bits per heavy atom. The van der Waals surface area contributed by atoms with Crippen molar-refractivity contribution < 1.29 is 9.21 Å². The van der Waals surface area contributed by atoms with Gasteiger partial charge in [0.15, 0.2) is 12.0 Å². The molecule has 2 nitrogen and oxygen atoms in total. The van der Waals surface area contributed by atoms with Gasteiger partial charge in [-0.3, -0.25) is 4.79 Å². The van der Waals surface area contributed by atoms with Crippen molar-refractivity contribution in [1.29, 1.82) is 0 Å². The molecule has 0 fully saturated rings. The van der Waals surface area contributed by atoms with Crippen LogP contribution in [-0.4, -0.2) is 6.29 Å². The largest absolute Gasteiger partial charge is 0.453 e. The highest BCUT2D eigenvalue weighted by molar-refractivity contribution is 5.72. The summed E-state index contributed by atoms with van der Waals surface area (Å²) in [5.41, 5.74) is 2.38. The van der Waals surface area contributed by atoms with E-state index in [2.05, 4.69) is 31.2 Å². The maximum absolute atomic E-state index is 10.6. The molecule has 0 saturated heterocycles. The molecule has 0 N–H and O–H groups in total. The van der Waals surface area contributed by atoms with Gasteiger partial charge in [0.2, 0.25) is 0 Å². The molecule has 0 unspecified atom stereocenters. The van der Waals surface area contributed by atoms with Crippen molar-refractivity contribution in [2.24, 2.45) is 0 Å². The predicted molar refractivity (Wildman–Crippen MR) is 77.4 cm³/mol. The molecule has 19 heavy (non-hydrogen) atoms. The van der Waals surface area contributed by atoms with Crippen molar-refractivity contribution in [3.8, 4) is 11.3 Å². The number of hydrogen-bond acceptors (Lipinski definition) is 2. The number of unbranched alkanes of at least 4 members (excludes halogenated alkanes) is 3. The summed E-state index contributed by atoms with van der Waals surface area (Å²) in [6.45, 7) is 2.23. The summed E-state index contributed by atoms with van der Waals surface area (Å²) in [7, 11) is 0. The number of furan rings is 1. The number of aryl methyl sites for hydroxylation is 1. The van der Waals surface area contributed by atoms with Crippen molar-refractivity contribution >= 4 is 6.29 Å². The molecule has 0 aliphatic rings. The van der Waals surface area contributed by atoms with Gasteiger partial charge in [-0.1, -0.05) is 50.5 Å². The lowest BCUT2D eigenvalue weighted by molar-refractivity contribution is 0.110. The summed E-state index contributed by atoms with van der Waals surface area (Å²) >= 11 is 0. The number of carbonyl (C=O) groups is 1. The Hall–Kier alpha value is -1.83. The number of benzene rings is 1. The third-order valence-electron chi connectivity index (χ3n) is 3.30. The molecule has 0 radical (unpaired) electrons. The number of hydrogen-bond donors (Lipinski definition) is 0. The Morgan fingerprint density at radius 2 is 1.79 bits per heavy atom. The summed E-state index contributed by atoms with van der Waals surface area (Å²) in [5.74, 6) is 1.12. The third kappa shape index (κ3) is 3.82. The summed E-state index contributed by atoms with van der Waals surface area (Å²) in [4.78, 5) is 10.6. The standard InChI is InChI=1S/C17H20O2/c1-2-3-4-5-6-14-7-9-15(10-8-14)17-12-11-16(13-18)19-17/h7-13H,2-6H2,1H3. The SMILES string of the molecule is CCCCCCc1ccc(-c2ccc(C=O)o2)cc1.